The lowest BCUT2D eigenvalue weighted by molar-refractivity contribution is -0.138. The van der Waals surface area contributed by atoms with Gasteiger partial charge in [-0.15, -0.1) is 0 Å². The number of halogens is 3. The molecule has 21 heavy (non-hydrogen) atoms. The van der Waals surface area contributed by atoms with Crippen LogP contribution in [0, 0.1) is 10.7 Å². The molecule has 1 atom stereocenters. The van der Waals surface area contributed by atoms with Gasteiger partial charge in [-0.2, -0.15) is 0 Å². The first-order valence-electron chi connectivity index (χ1n) is 6.44. The molecule has 0 aliphatic carbocycles. The molecule has 1 amide bonds. The maximum atomic E-state index is 11.9. The van der Waals surface area contributed by atoms with Gasteiger partial charge in [0.2, 0.25) is 5.91 Å². The molecular formula is C14H16I3NO3. The zero-order chi connectivity index (χ0) is 16.3. The molecule has 0 aromatic heterocycles. The van der Waals surface area contributed by atoms with Gasteiger partial charge in [0.15, 0.2) is 0 Å². The molecule has 116 valence electrons. The van der Waals surface area contributed by atoms with Crippen molar-refractivity contribution in [3.63, 3.8) is 0 Å². The third-order valence-corrected chi connectivity index (χ3v) is 6.01. The Kier molecular flexibility index (Phi) is 7.64. The van der Waals surface area contributed by atoms with Crippen molar-refractivity contribution >= 4 is 85.3 Å². The maximum absolute atomic E-state index is 11.9. The van der Waals surface area contributed by atoms with E-state index in [2.05, 4.69) is 67.8 Å². The summed E-state index contributed by atoms with van der Waals surface area (Å²) in [4.78, 5) is 25.1. The van der Waals surface area contributed by atoms with Gasteiger partial charge >= 0.3 is 5.97 Å². The Labute approximate surface area is 165 Å². The van der Waals surface area contributed by atoms with Crippen molar-refractivity contribution in [1.82, 2.24) is 0 Å². The normalized spacial score (nSPS) is 12.1. The van der Waals surface area contributed by atoms with Crippen molar-refractivity contribution in [2.24, 2.45) is 0 Å². The van der Waals surface area contributed by atoms with Crippen LogP contribution in [0.15, 0.2) is 6.07 Å². The van der Waals surface area contributed by atoms with Gasteiger partial charge in [-0.05, 0) is 92.7 Å². The molecule has 1 aromatic carbocycles. The SMILES string of the molecule is CC[C@H](C(=O)O)c1c(I)cc(I)c(N(CC)C(C)=O)c1I. The van der Waals surface area contributed by atoms with Crippen LogP contribution in [0.1, 0.15) is 38.7 Å². The summed E-state index contributed by atoms with van der Waals surface area (Å²) in [6.07, 6.45) is 0.521. The Morgan fingerprint density at radius 3 is 2.19 bits per heavy atom. The number of hydrogen-bond donors (Lipinski definition) is 1. The molecule has 0 radical (unpaired) electrons. The standard InChI is InChI=1S/C14H16I3NO3/c1-4-8(14(20)21)11-9(15)6-10(16)13(12(11)17)18(5-2)7(3)19/h6,8H,4-5H2,1-3H3,(H,20,21)/t8-/m0/s1. The van der Waals surface area contributed by atoms with Gasteiger partial charge in [0.05, 0.1) is 11.6 Å². The number of nitrogens with zero attached hydrogens (tertiary/aromatic N) is 1. The number of carboxylic acids is 1. The fourth-order valence-corrected chi connectivity index (χ4v) is 6.91. The van der Waals surface area contributed by atoms with Crippen LogP contribution in [0.5, 0.6) is 0 Å². The second kappa shape index (κ2) is 8.27. The first-order valence-corrected chi connectivity index (χ1v) is 9.68. The molecule has 0 saturated heterocycles. The Hall–Kier alpha value is 0.350. The zero-order valence-electron chi connectivity index (χ0n) is 11.9. The molecular weight excluding hydrogens is 611 g/mol. The predicted octanol–water partition coefficient (Wildman–Crippen LogP) is 4.45. The zero-order valence-corrected chi connectivity index (χ0v) is 18.4. The average molecular weight is 627 g/mol. The van der Waals surface area contributed by atoms with Crippen molar-refractivity contribution in [2.75, 3.05) is 11.4 Å². The molecule has 0 bridgehead atoms. The molecule has 0 saturated carbocycles. The van der Waals surface area contributed by atoms with Gasteiger partial charge in [-0.1, -0.05) is 6.92 Å². The van der Waals surface area contributed by atoms with Crippen molar-refractivity contribution in [3.05, 3.63) is 22.3 Å². The number of benzene rings is 1. The highest BCUT2D eigenvalue weighted by Gasteiger charge is 2.28. The van der Waals surface area contributed by atoms with Crippen molar-refractivity contribution in [2.45, 2.75) is 33.1 Å². The minimum Gasteiger partial charge on any atom is -0.481 e. The summed E-state index contributed by atoms with van der Waals surface area (Å²) in [5.74, 6) is -1.42. The number of hydrogen-bond acceptors (Lipinski definition) is 2. The number of rotatable bonds is 5. The van der Waals surface area contributed by atoms with E-state index in [1.54, 1.807) is 4.90 Å². The van der Waals surface area contributed by atoms with Crippen molar-refractivity contribution in [1.29, 1.82) is 0 Å². The Bertz CT molecular complexity index is 529. The molecule has 1 rings (SSSR count). The van der Waals surface area contributed by atoms with E-state index in [9.17, 15) is 14.7 Å². The quantitative estimate of drug-likeness (QED) is 0.492. The molecule has 0 heterocycles. The van der Waals surface area contributed by atoms with Crippen LogP contribution in [-0.4, -0.2) is 23.5 Å². The molecule has 0 unspecified atom stereocenters. The molecule has 7 heteroatoms. The van der Waals surface area contributed by atoms with E-state index in [4.69, 9.17) is 0 Å². The van der Waals surface area contributed by atoms with E-state index in [-0.39, 0.29) is 5.91 Å². The summed E-state index contributed by atoms with van der Waals surface area (Å²) >= 11 is 6.55. The maximum Gasteiger partial charge on any atom is 0.311 e. The van der Waals surface area contributed by atoms with Gasteiger partial charge in [0, 0.05) is 24.2 Å². The van der Waals surface area contributed by atoms with Crippen LogP contribution in [0.25, 0.3) is 0 Å². The number of carbonyl (C=O) groups is 2. The highest BCUT2D eigenvalue weighted by Crippen LogP contribution is 2.38. The minimum atomic E-state index is -0.827. The molecule has 0 aliphatic rings. The fourth-order valence-electron chi connectivity index (χ4n) is 2.20. The number of carboxylic acid groups (broad SMARTS) is 1. The second-order valence-electron chi connectivity index (χ2n) is 4.48. The molecule has 4 nitrogen and oxygen atoms in total. The molecule has 0 spiro atoms. The van der Waals surface area contributed by atoms with E-state index < -0.39 is 11.9 Å². The van der Waals surface area contributed by atoms with Crippen LogP contribution in [0.4, 0.5) is 5.69 Å². The first-order chi connectivity index (χ1) is 9.76. The summed E-state index contributed by atoms with van der Waals surface area (Å²) < 4.78 is 2.75. The van der Waals surface area contributed by atoms with E-state index in [1.165, 1.54) is 6.92 Å². The van der Waals surface area contributed by atoms with E-state index >= 15 is 0 Å². The van der Waals surface area contributed by atoms with Crippen molar-refractivity contribution < 1.29 is 14.7 Å². The van der Waals surface area contributed by atoms with E-state index in [0.717, 1.165) is 22.0 Å². The summed E-state index contributed by atoms with van der Waals surface area (Å²) in [5, 5.41) is 9.45. The summed E-state index contributed by atoms with van der Waals surface area (Å²) in [6, 6.07) is 1.95. The highest BCUT2D eigenvalue weighted by atomic mass is 127. The molecule has 0 aliphatic heterocycles. The monoisotopic (exact) mass is 627 g/mol. The molecule has 1 aromatic rings. The van der Waals surface area contributed by atoms with Crippen molar-refractivity contribution in [3.8, 4) is 0 Å². The average Bonchev–Trinajstić information content (AvgIpc) is 2.38. The topological polar surface area (TPSA) is 57.6 Å². The third kappa shape index (κ3) is 4.21. The Balaban J connectivity index is 3.62. The minimum absolute atomic E-state index is 0.0381. The van der Waals surface area contributed by atoms with E-state index in [0.29, 0.717) is 13.0 Å². The second-order valence-corrected chi connectivity index (χ2v) is 7.88. The molecule has 0 fully saturated rings. The Morgan fingerprint density at radius 2 is 1.81 bits per heavy atom. The lowest BCUT2D eigenvalue weighted by Gasteiger charge is -2.26. The van der Waals surface area contributed by atoms with Crippen LogP contribution in [0.2, 0.25) is 0 Å². The number of aliphatic carboxylic acids is 1. The van der Waals surface area contributed by atoms with Gasteiger partial charge < -0.3 is 10.0 Å². The van der Waals surface area contributed by atoms with Gasteiger partial charge in [-0.25, -0.2) is 0 Å². The summed E-state index contributed by atoms with van der Waals surface area (Å²) in [6.45, 7) is 5.87. The fraction of sp³-hybridized carbons (Fsp3) is 0.429. The Morgan fingerprint density at radius 1 is 1.24 bits per heavy atom. The predicted molar refractivity (Wildman–Crippen MR) is 109 cm³/mol. The highest BCUT2D eigenvalue weighted by molar-refractivity contribution is 14.1. The smallest absolute Gasteiger partial charge is 0.311 e. The van der Waals surface area contributed by atoms with Crippen LogP contribution in [0.3, 0.4) is 0 Å². The molecule has 1 N–H and O–H groups in total. The van der Waals surface area contributed by atoms with E-state index in [1.807, 2.05) is 19.9 Å². The third-order valence-electron chi connectivity index (χ3n) is 3.20. The first kappa shape index (κ1) is 19.4. The van der Waals surface area contributed by atoms with Gasteiger partial charge in [0.1, 0.15) is 0 Å². The number of anilines is 1. The van der Waals surface area contributed by atoms with Crippen LogP contribution >= 0.6 is 67.8 Å². The lowest BCUT2D eigenvalue weighted by Crippen LogP contribution is -2.30. The summed E-state index contributed by atoms with van der Waals surface area (Å²) in [5.41, 5.74) is 1.63. The number of carbonyl (C=O) groups excluding carboxylic acids is 1. The number of amides is 1. The van der Waals surface area contributed by atoms with Crippen LogP contribution < -0.4 is 4.90 Å². The summed E-state index contributed by atoms with van der Waals surface area (Å²) in [7, 11) is 0. The largest absolute Gasteiger partial charge is 0.481 e. The van der Waals surface area contributed by atoms with Gasteiger partial charge in [-0.3, -0.25) is 9.59 Å². The van der Waals surface area contributed by atoms with Gasteiger partial charge in [0.25, 0.3) is 0 Å². The van der Waals surface area contributed by atoms with Crippen LogP contribution in [-0.2, 0) is 9.59 Å². The lowest BCUT2D eigenvalue weighted by atomic mass is 9.96.